The second-order valence-corrected chi connectivity index (χ2v) is 28.3. The third kappa shape index (κ3) is 11.1. The standard InChI is InChI=1S/C21H24Cl2N4O2SSi.C14H19ClN4OSSi/c1-28-17-8-14(15(22)9-16(17)23)19-18-13(10-24)11-27(12-29-6-7-31(3,4)5)20(18)26-21(25-19)30-2;1-21-14-17-12(15)11-10(7-16)8-19(13(11)18-14)9-20-5-6-22(2,3)4/h8-9,11H,6-7,12H2,1-5H3;8H,5-6,9H2,1-4H3. The maximum atomic E-state index is 9.80. The number of ether oxygens (including phenoxy) is 3. The van der Waals surface area contributed by atoms with Crippen LogP contribution in [0.4, 0.5) is 0 Å². The normalized spacial score (nSPS) is 11.7. The van der Waals surface area contributed by atoms with E-state index in [-0.39, 0.29) is 0 Å². The van der Waals surface area contributed by atoms with Crippen molar-refractivity contribution in [1.29, 1.82) is 10.5 Å². The van der Waals surface area contributed by atoms with Gasteiger partial charge in [-0.1, -0.05) is 97.6 Å². The summed E-state index contributed by atoms with van der Waals surface area (Å²) < 4.78 is 20.7. The summed E-state index contributed by atoms with van der Waals surface area (Å²) in [5.41, 5.74) is 3.39. The maximum Gasteiger partial charge on any atom is 0.190 e. The van der Waals surface area contributed by atoms with Gasteiger partial charge in [0.15, 0.2) is 10.3 Å². The summed E-state index contributed by atoms with van der Waals surface area (Å²) in [6.45, 7) is 15.9. The number of rotatable bonds is 14. The summed E-state index contributed by atoms with van der Waals surface area (Å²) in [6, 6.07) is 9.91. The van der Waals surface area contributed by atoms with Gasteiger partial charge in [-0.2, -0.15) is 10.5 Å². The van der Waals surface area contributed by atoms with E-state index in [2.05, 4.69) is 71.4 Å². The molecule has 0 N–H and O–H groups in total. The molecule has 4 heterocycles. The van der Waals surface area contributed by atoms with Crippen molar-refractivity contribution in [2.45, 2.75) is 75.1 Å². The molecule has 5 aromatic rings. The van der Waals surface area contributed by atoms with Gasteiger partial charge in [-0.05, 0) is 36.7 Å². The third-order valence-corrected chi connectivity index (χ3v) is 13.3. The average molecular weight is 850 g/mol. The van der Waals surface area contributed by atoms with Crippen LogP contribution in [0.1, 0.15) is 11.1 Å². The summed E-state index contributed by atoms with van der Waals surface area (Å²) in [4.78, 5) is 18.0. The van der Waals surface area contributed by atoms with Gasteiger partial charge in [0.1, 0.15) is 47.8 Å². The molecule has 282 valence electrons. The van der Waals surface area contributed by atoms with E-state index in [9.17, 15) is 10.5 Å². The molecule has 4 aromatic heterocycles. The van der Waals surface area contributed by atoms with Gasteiger partial charge in [0, 0.05) is 47.3 Å². The van der Waals surface area contributed by atoms with Gasteiger partial charge in [0.05, 0.1) is 44.7 Å². The van der Waals surface area contributed by atoms with E-state index in [0.29, 0.717) is 102 Å². The Morgan fingerprint density at radius 3 is 1.68 bits per heavy atom. The zero-order valence-electron chi connectivity index (χ0n) is 31.3. The van der Waals surface area contributed by atoms with Crippen LogP contribution < -0.4 is 4.74 Å². The summed E-state index contributed by atoms with van der Waals surface area (Å²) in [7, 11) is -0.764. The van der Waals surface area contributed by atoms with Crippen LogP contribution in [0.5, 0.6) is 5.75 Å². The van der Waals surface area contributed by atoms with Gasteiger partial charge < -0.3 is 23.3 Å². The molecule has 0 saturated heterocycles. The molecule has 0 aliphatic carbocycles. The van der Waals surface area contributed by atoms with E-state index in [1.807, 2.05) is 21.6 Å². The highest BCUT2D eigenvalue weighted by Crippen LogP contribution is 2.40. The van der Waals surface area contributed by atoms with Gasteiger partial charge in [0.2, 0.25) is 0 Å². The monoisotopic (exact) mass is 848 g/mol. The van der Waals surface area contributed by atoms with E-state index in [0.717, 1.165) is 12.1 Å². The molecule has 0 unspecified atom stereocenters. The molecule has 11 nitrogen and oxygen atoms in total. The summed E-state index contributed by atoms with van der Waals surface area (Å²) in [5.74, 6) is 0.478. The summed E-state index contributed by atoms with van der Waals surface area (Å²) in [6.07, 6.45) is 7.27. The van der Waals surface area contributed by atoms with Crippen molar-refractivity contribution < 1.29 is 14.2 Å². The van der Waals surface area contributed by atoms with Crippen LogP contribution in [-0.4, -0.2) is 78.1 Å². The summed E-state index contributed by atoms with van der Waals surface area (Å²) >= 11 is 21.8. The Labute approximate surface area is 336 Å². The molecule has 53 heavy (non-hydrogen) atoms. The van der Waals surface area contributed by atoms with E-state index in [1.54, 1.807) is 24.5 Å². The Balaban J connectivity index is 0.000000251. The van der Waals surface area contributed by atoms with Crippen molar-refractivity contribution in [2.24, 2.45) is 0 Å². The Bertz CT molecular complexity index is 2170. The number of nitriles is 2. The van der Waals surface area contributed by atoms with E-state index < -0.39 is 16.1 Å². The maximum absolute atomic E-state index is 9.80. The molecule has 5 rings (SSSR count). The first kappa shape index (κ1) is 42.9. The minimum absolute atomic E-state index is 0.310. The molecule has 0 amide bonds. The second-order valence-electron chi connectivity index (χ2n) is 14.4. The highest BCUT2D eigenvalue weighted by Gasteiger charge is 2.22. The lowest BCUT2D eigenvalue weighted by Gasteiger charge is -2.16. The quantitative estimate of drug-likeness (QED) is 0.0347. The smallest absolute Gasteiger partial charge is 0.190 e. The number of methoxy groups -OCH3 is 1. The van der Waals surface area contributed by atoms with Crippen molar-refractivity contribution in [3.8, 4) is 29.1 Å². The molecule has 0 atom stereocenters. The Morgan fingerprint density at radius 2 is 1.21 bits per heavy atom. The van der Waals surface area contributed by atoms with Crippen LogP contribution in [0.15, 0.2) is 34.8 Å². The second kappa shape index (κ2) is 18.7. The number of halogens is 3. The zero-order chi connectivity index (χ0) is 39.1. The first-order valence-corrected chi connectivity index (χ1v) is 27.6. The molecule has 18 heteroatoms. The fourth-order valence-electron chi connectivity index (χ4n) is 4.98. The van der Waals surface area contributed by atoms with Crippen LogP contribution in [0.25, 0.3) is 33.3 Å². The number of hydrogen-bond donors (Lipinski definition) is 0. The number of fused-ring (bicyclic) bond motifs is 2. The number of hydrogen-bond acceptors (Lipinski definition) is 11. The molecule has 0 saturated carbocycles. The van der Waals surface area contributed by atoms with Gasteiger partial charge >= 0.3 is 0 Å². The third-order valence-electron chi connectivity index (χ3n) is 7.90. The van der Waals surface area contributed by atoms with Gasteiger partial charge in [-0.15, -0.1) is 0 Å². The minimum atomic E-state index is -1.19. The van der Waals surface area contributed by atoms with Crippen molar-refractivity contribution in [1.82, 2.24) is 29.1 Å². The summed E-state index contributed by atoms with van der Waals surface area (Å²) in [5, 5.41) is 22.6. The molecular weight excluding hydrogens is 807 g/mol. The number of nitrogens with zero attached hydrogens (tertiary/aromatic N) is 8. The lowest BCUT2D eigenvalue weighted by Crippen LogP contribution is -2.22. The van der Waals surface area contributed by atoms with Crippen LogP contribution in [0.2, 0.25) is 66.6 Å². The fraction of sp³-hybridized carbons (Fsp3) is 0.429. The number of thioether (sulfide) groups is 2. The minimum Gasteiger partial charge on any atom is -0.495 e. The predicted octanol–water partition coefficient (Wildman–Crippen LogP) is 10.3. The van der Waals surface area contributed by atoms with Crippen LogP contribution >= 0.6 is 58.3 Å². The average Bonchev–Trinajstić information content (AvgIpc) is 3.65. The van der Waals surface area contributed by atoms with Crippen molar-refractivity contribution in [3.05, 3.63) is 50.9 Å². The SMILES string of the molecule is COc1cc(-c2nc(SC)nc3c2c(C#N)cn3COCC[Si](C)(C)C)c(Cl)cc1Cl.CSc1nc(Cl)c2c(C#N)cn(COCC[Si](C)(C)C)c2n1. The fourth-order valence-corrected chi connectivity index (χ4v) is 8.08. The Morgan fingerprint density at radius 1 is 0.717 bits per heavy atom. The molecular formula is C35H43Cl3N8O3S2Si2. The van der Waals surface area contributed by atoms with E-state index in [1.165, 1.54) is 30.6 Å². The number of aromatic nitrogens is 6. The first-order chi connectivity index (χ1) is 25.0. The van der Waals surface area contributed by atoms with E-state index in [4.69, 9.17) is 49.0 Å². The molecule has 0 aliphatic heterocycles. The molecule has 0 radical (unpaired) electrons. The highest BCUT2D eigenvalue weighted by molar-refractivity contribution is 7.98. The largest absolute Gasteiger partial charge is 0.495 e. The molecule has 1 aromatic carbocycles. The lowest BCUT2D eigenvalue weighted by molar-refractivity contribution is 0.0897. The molecule has 0 bridgehead atoms. The van der Waals surface area contributed by atoms with Crippen molar-refractivity contribution in [3.63, 3.8) is 0 Å². The van der Waals surface area contributed by atoms with Crippen LogP contribution in [0, 0.1) is 22.7 Å². The van der Waals surface area contributed by atoms with Crippen molar-refractivity contribution in [2.75, 3.05) is 32.8 Å². The highest BCUT2D eigenvalue weighted by atomic mass is 35.5. The first-order valence-electron chi connectivity index (χ1n) is 16.6. The number of benzene rings is 1. The van der Waals surface area contributed by atoms with Gasteiger partial charge in [-0.3, -0.25) is 0 Å². The predicted molar refractivity (Wildman–Crippen MR) is 223 cm³/mol. The van der Waals surface area contributed by atoms with Crippen molar-refractivity contribution >= 4 is 96.5 Å². The molecule has 0 fully saturated rings. The topological polar surface area (TPSA) is 137 Å². The molecule has 0 aliphatic rings. The Hall–Kier alpha value is -2.84. The van der Waals surface area contributed by atoms with Crippen LogP contribution in [-0.2, 0) is 22.9 Å². The van der Waals surface area contributed by atoms with E-state index >= 15 is 0 Å². The Kier molecular flexibility index (Phi) is 15.1. The molecule has 0 spiro atoms. The van der Waals surface area contributed by atoms with Crippen LogP contribution in [0.3, 0.4) is 0 Å². The van der Waals surface area contributed by atoms with Gasteiger partial charge in [-0.25, -0.2) is 19.9 Å². The zero-order valence-corrected chi connectivity index (χ0v) is 37.2. The lowest BCUT2D eigenvalue weighted by atomic mass is 10.1. The van der Waals surface area contributed by atoms with Gasteiger partial charge in [0.25, 0.3) is 0 Å².